The maximum atomic E-state index is 12.9. The molecule has 37 heavy (non-hydrogen) atoms. The van der Waals surface area contributed by atoms with E-state index >= 15 is 0 Å². The Balaban J connectivity index is 1.21. The maximum Gasteiger partial charge on any atom is 0.254 e. The topological polar surface area (TPSA) is 89.0 Å². The smallest absolute Gasteiger partial charge is 0.254 e. The van der Waals surface area contributed by atoms with E-state index < -0.39 is 6.23 Å². The first-order chi connectivity index (χ1) is 17.8. The van der Waals surface area contributed by atoms with Crippen molar-refractivity contribution in [2.24, 2.45) is 0 Å². The van der Waals surface area contributed by atoms with E-state index in [0.29, 0.717) is 29.9 Å². The molecule has 4 heterocycles. The lowest BCUT2D eigenvalue weighted by Crippen LogP contribution is -2.53. The minimum atomic E-state index is -0.956. The molecular formula is C28H36ClN5O3. The fraction of sp³-hybridized carbons (Fsp3) is 0.536. The van der Waals surface area contributed by atoms with Gasteiger partial charge in [-0.15, -0.1) is 0 Å². The maximum absolute atomic E-state index is 12.9. The Morgan fingerprint density at radius 1 is 1.14 bits per heavy atom. The fourth-order valence-corrected chi connectivity index (χ4v) is 5.86. The second-order valence-corrected chi connectivity index (χ2v) is 11.0. The predicted molar refractivity (Wildman–Crippen MR) is 143 cm³/mol. The molecule has 0 aliphatic carbocycles. The number of rotatable bonds is 7. The highest BCUT2D eigenvalue weighted by Crippen LogP contribution is 2.30. The Hall–Kier alpha value is -2.68. The van der Waals surface area contributed by atoms with Crippen LogP contribution < -0.4 is 5.32 Å². The number of halogens is 1. The van der Waals surface area contributed by atoms with Gasteiger partial charge in [-0.3, -0.25) is 14.5 Å². The van der Waals surface area contributed by atoms with Crippen molar-refractivity contribution >= 4 is 29.2 Å². The molecular weight excluding hydrogens is 490 g/mol. The van der Waals surface area contributed by atoms with E-state index in [1.165, 1.54) is 5.56 Å². The third kappa shape index (κ3) is 5.76. The zero-order valence-corrected chi connectivity index (χ0v) is 22.4. The number of pyridine rings is 1. The van der Waals surface area contributed by atoms with Crippen molar-refractivity contribution < 1.29 is 14.7 Å². The first kappa shape index (κ1) is 25.9. The first-order valence-corrected chi connectivity index (χ1v) is 13.7. The van der Waals surface area contributed by atoms with E-state index in [2.05, 4.69) is 27.3 Å². The van der Waals surface area contributed by atoms with Crippen LogP contribution >= 0.6 is 11.6 Å². The van der Waals surface area contributed by atoms with Crippen LogP contribution in [-0.4, -0.2) is 81.1 Å². The molecule has 0 radical (unpaired) electrons. The number of benzene rings is 1. The minimum Gasteiger partial charge on any atom is -0.372 e. The second kappa shape index (κ2) is 11.0. The molecule has 3 fully saturated rings. The molecule has 3 aliphatic rings. The molecule has 2 aromatic rings. The third-order valence-corrected chi connectivity index (χ3v) is 8.31. The molecule has 0 bridgehead atoms. The van der Waals surface area contributed by atoms with Crippen molar-refractivity contribution in [3.05, 3.63) is 57.7 Å². The van der Waals surface area contributed by atoms with Crippen LogP contribution in [0, 0.1) is 13.8 Å². The van der Waals surface area contributed by atoms with Crippen LogP contribution in [0.15, 0.2) is 30.3 Å². The van der Waals surface area contributed by atoms with Crippen LogP contribution in [0.25, 0.3) is 0 Å². The van der Waals surface area contributed by atoms with Crippen LogP contribution in [0.5, 0.6) is 0 Å². The van der Waals surface area contributed by atoms with Gasteiger partial charge in [-0.2, -0.15) is 0 Å². The molecule has 5 rings (SSSR count). The second-order valence-electron chi connectivity index (χ2n) is 10.6. The monoisotopic (exact) mass is 525 g/mol. The number of carbonyl (C=O) groups excluding carboxylic acids is 2. The van der Waals surface area contributed by atoms with Crippen molar-refractivity contribution in [2.75, 3.05) is 31.5 Å². The summed E-state index contributed by atoms with van der Waals surface area (Å²) in [6, 6.07) is 9.43. The Bertz CT molecular complexity index is 1160. The lowest BCUT2D eigenvalue weighted by atomic mass is 10.0. The summed E-state index contributed by atoms with van der Waals surface area (Å²) in [5, 5.41) is 15.0. The summed E-state index contributed by atoms with van der Waals surface area (Å²) >= 11 is 6.17. The molecule has 1 aromatic heterocycles. The van der Waals surface area contributed by atoms with E-state index in [0.717, 1.165) is 62.6 Å². The van der Waals surface area contributed by atoms with Gasteiger partial charge in [0.05, 0.1) is 6.04 Å². The molecule has 2 atom stereocenters. The number of hydrogen-bond donors (Lipinski definition) is 2. The van der Waals surface area contributed by atoms with E-state index in [9.17, 15) is 14.7 Å². The molecule has 8 nitrogen and oxygen atoms in total. The highest BCUT2D eigenvalue weighted by atomic mass is 35.5. The molecule has 1 aromatic carbocycles. The van der Waals surface area contributed by atoms with Gasteiger partial charge in [0.15, 0.2) is 0 Å². The Kier molecular flexibility index (Phi) is 7.70. The number of aliphatic hydroxyl groups excluding tert-OH is 1. The molecule has 2 N–H and O–H groups in total. The average Bonchev–Trinajstić information content (AvgIpc) is 3.22. The molecule has 198 valence electrons. The SMILES string of the molecule is Cc1cc(C(=O)N2CCC2)cc(NC(O)[C@H]2CCC(=O)N2C2CCN(Cc3ccc(Cl)c(C)c3)CC2)n1. The molecule has 9 heteroatoms. The average molecular weight is 526 g/mol. The molecule has 2 amide bonds. The molecule has 0 saturated carbocycles. The summed E-state index contributed by atoms with van der Waals surface area (Å²) in [5.41, 5.74) is 3.61. The van der Waals surface area contributed by atoms with Crippen molar-refractivity contribution in [3.8, 4) is 0 Å². The van der Waals surface area contributed by atoms with E-state index in [-0.39, 0.29) is 23.9 Å². The highest BCUT2D eigenvalue weighted by Gasteiger charge is 2.41. The summed E-state index contributed by atoms with van der Waals surface area (Å²) < 4.78 is 0. The molecule has 0 spiro atoms. The number of anilines is 1. The van der Waals surface area contributed by atoms with E-state index in [1.54, 1.807) is 12.1 Å². The van der Waals surface area contributed by atoms with Crippen LogP contribution in [0.3, 0.4) is 0 Å². The Morgan fingerprint density at radius 3 is 2.57 bits per heavy atom. The van der Waals surface area contributed by atoms with Crippen LogP contribution in [0.2, 0.25) is 5.02 Å². The molecule has 3 saturated heterocycles. The van der Waals surface area contributed by atoms with Crippen molar-refractivity contribution in [1.29, 1.82) is 0 Å². The normalized spacial score (nSPS) is 21.7. The molecule has 3 aliphatic heterocycles. The van der Waals surface area contributed by atoms with Gasteiger partial charge in [0.2, 0.25) is 5.91 Å². The number of carbonyl (C=O) groups is 2. The first-order valence-electron chi connectivity index (χ1n) is 13.3. The summed E-state index contributed by atoms with van der Waals surface area (Å²) in [5.74, 6) is 0.555. The van der Waals surface area contributed by atoms with Gasteiger partial charge >= 0.3 is 0 Å². The van der Waals surface area contributed by atoms with Gasteiger partial charge in [0, 0.05) is 61.5 Å². The number of aromatic nitrogens is 1. The predicted octanol–water partition coefficient (Wildman–Crippen LogP) is 3.58. The quantitative estimate of drug-likeness (QED) is 0.537. The van der Waals surface area contributed by atoms with Crippen molar-refractivity contribution in [3.63, 3.8) is 0 Å². The van der Waals surface area contributed by atoms with Gasteiger partial charge in [-0.25, -0.2) is 4.98 Å². The van der Waals surface area contributed by atoms with Crippen LogP contribution in [-0.2, 0) is 11.3 Å². The van der Waals surface area contributed by atoms with Crippen LogP contribution in [0.4, 0.5) is 5.82 Å². The number of aliphatic hydroxyl groups is 1. The number of piperidine rings is 1. The summed E-state index contributed by atoms with van der Waals surface area (Å²) in [4.78, 5) is 36.2. The zero-order chi connectivity index (χ0) is 26.1. The van der Waals surface area contributed by atoms with E-state index in [4.69, 9.17) is 11.6 Å². The number of hydrogen-bond acceptors (Lipinski definition) is 6. The van der Waals surface area contributed by atoms with E-state index in [1.807, 2.05) is 29.7 Å². The summed E-state index contributed by atoms with van der Waals surface area (Å²) in [7, 11) is 0. The summed E-state index contributed by atoms with van der Waals surface area (Å²) in [6.07, 6.45) is 2.86. The fourth-order valence-electron chi connectivity index (χ4n) is 5.74. The standard InChI is InChI=1S/C28H36ClN5O3/c1-18-14-20(4-5-23(18)29)17-32-12-8-22(9-13-32)34-24(6-7-26(34)35)27(36)31-25-16-21(15-19(2)30-25)28(37)33-10-3-11-33/h4-5,14-16,22,24,27,36H,3,6-13,17H2,1-2H3,(H,30,31)/t24-,27?/m1/s1. The van der Waals surface area contributed by atoms with Crippen molar-refractivity contribution in [1.82, 2.24) is 19.7 Å². The van der Waals surface area contributed by atoms with Gasteiger partial charge < -0.3 is 20.2 Å². The van der Waals surface area contributed by atoms with Gasteiger partial charge in [-0.1, -0.05) is 23.7 Å². The number of amides is 2. The number of nitrogens with one attached hydrogen (secondary N) is 1. The van der Waals surface area contributed by atoms with Gasteiger partial charge in [0.25, 0.3) is 5.91 Å². The van der Waals surface area contributed by atoms with Gasteiger partial charge in [-0.05, 0) is 68.9 Å². The van der Waals surface area contributed by atoms with Crippen molar-refractivity contribution in [2.45, 2.75) is 70.8 Å². The third-order valence-electron chi connectivity index (χ3n) is 7.88. The van der Waals surface area contributed by atoms with Gasteiger partial charge in [0.1, 0.15) is 12.0 Å². The van der Waals surface area contributed by atoms with Crippen LogP contribution in [0.1, 0.15) is 59.3 Å². The highest BCUT2D eigenvalue weighted by molar-refractivity contribution is 6.31. The Morgan fingerprint density at radius 2 is 1.89 bits per heavy atom. The number of nitrogens with zero attached hydrogens (tertiary/aromatic N) is 4. The summed E-state index contributed by atoms with van der Waals surface area (Å²) in [6.45, 7) is 8.08. The number of aryl methyl sites for hydroxylation is 2. The zero-order valence-electron chi connectivity index (χ0n) is 21.6. The lowest BCUT2D eigenvalue weighted by Gasteiger charge is -2.40. The largest absolute Gasteiger partial charge is 0.372 e. The lowest BCUT2D eigenvalue weighted by molar-refractivity contribution is -0.134. The minimum absolute atomic E-state index is 0.00696. The Labute approximate surface area is 223 Å². The molecule has 1 unspecified atom stereocenters. The number of likely N-dealkylation sites (tertiary alicyclic amines) is 3.